The van der Waals surface area contributed by atoms with E-state index in [1.807, 2.05) is 25.1 Å². The van der Waals surface area contributed by atoms with Gasteiger partial charge in [0, 0.05) is 17.9 Å². The fraction of sp³-hybridized carbons (Fsp3) is 0.522. The lowest BCUT2D eigenvalue weighted by Gasteiger charge is -2.44. The van der Waals surface area contributed by atoms with Gasteiger partial charge in [0.25, 0.3) is 5.91 Å². The minimum absolute atomic E-state index is 0.00149. The van der Waals surface area contributed by atoms with Gasteiger partial charge in [-0.05, 0) is 31.7 Å². The molecule has 1 aromatic carbocycles. The van der Waals surface area contributed by atoms with Crippen LogP contribution in [0.25, 0.3) is 0 Å². The molecular formula is C23H27N3O4. The molecule has 1 saturated carbocycles. The molecule has 0 spiro atoms. The Kier molecular flexibility index (Phi) is 4.65. The summed E-state index contributed by atoms with van der Waals surface area (Å²) in [6, 6.07) is 10.4. The summed E-state index contributed by atoms with van der Waals surface area (Å²) in [7, 11) is 0. The lowest BCUT2D eigenvalue weighted by molar-refractivity contribution is -0.112. The number of carbonyl (C=O) groups is 1. The van der Waals surface area contributed by atoms with Crippen molar-refractivity contribution < 1.29 is 14.6 Å². The maximum Gasteiger partial charge on any atom is 0.315 e. The Balaban J connectivity index is 1.62. The van der Waals surface area contributed by atoms with Crippen molar-refractivity contribution in [3.05, 3.63) is 57.8 Å². The number of aromatic hydroxyl groups is 1. The number of carbonyl (C=O) groups excluding carboxylic acids is 1. The average molecular weight is 409 g/mol. The molecule has 1 N–H and O–H groups in total. The van der Waals surface area contributed by atoms with Crippen LogP contribution in [-0.2, 0) is 23.1 Å². The van der Waals surface area contributed by atoms with Crippen LogP contribution >= 0.6 is 0 Å². The van der Waals surface area contributed by atoms with Gasteiger partial charge < -0.3 is 19.3 Å². The molecule has 3 heterocycles. The maximum absolute atomic E-state index is 13.3. The lowest BCUT2D eigenvalue weighted by Crippen LogP contribution is -2.57. The summed E-state index contributed by atoms with van der Waals surface area (Å²) in [5.74, 6) is -0.342. The number of amides is 1. The third-order valence-corrected chi connectivity index (χ3v) is 7.09. The highest BCUT2D eigenvalue weighted by atomic mass is 16.5. The molecule has 30 heavy (non-hydrogen) atoms. The minimum atomic E-state index is -0.727. The number of ether oxygens (including phenoxy) is 1. The van der Waals surface area contributed by atoms with Crippen molar-refractivity contribution in [2.75, 3.05) is 6.61 Å². The number of fused-ring (bicyclic) bond motifs is 2. The Hall–Kier alpha value is -2.67. The number of rotatable bonds is 3. The fourth-order valence-electron chi connectivity index (χ4n) is 5.48. The van der Waals surface area contributed by atoms with E-state index >= 15 is 0 Å². The smallest absolute Gasteiger partial charge is 0.315 e. The molecule has 7 heteroatoms. The first-order chi connectivity index (χ1) is 14.5. The van der Waals surface area contributed by atoms with Gasteiger partial charge in [-0.2, -0.15) is 4.98 Å². The highest BCUT2D eigenvalue weighted by molar-refractivity contribution is 5.96. The zero-order chi connectivity index (χ0) is 20.9. The molecule has 2 aliphatic heterocycles. The number of hydrogen-bond acceptors (Lipinski definition) is 5. The second-order valence-corrected chi connectivity index (χ2v) is 8.85. The summed E-state index contributed by atoms with van der Waals surface area (Å²) in [5.41, 5.74) is 0.458. The zero-order valence-corrected chi connectivity index (χ0v) is 17.2. The molecule has 2 aromatic rings. The van der Waals surface area contributed by atoms with Gasteiger partial charge in [-0.3, -0.25) is 9.59 Å². The largest absolute Gasteiger partial charge is 0.501 e. The van der Waals surface area contributed by atoms with Crippen LogP contribution < -0.4 is 5.56 Å². The van der Waals surface area contributed by atoms with Crippen molar-refractivity contribution in [1.82, 2.24) is 14.5 Å². The van der Waals surface area contributed by atoms with Crippen LogP contribution in [0.5, 0.6) is 5.75 Å². The zero-order valence-electron chi connectivity index (χ0n) is 17.2. The number of aromatic nitrogens is 2. The molecule has 0 bridgehead atoms. The van der Waals surface area contributed by atoms with Crippen molar-refractivity contribution in [3.8, 4) is 5.75 Å². The molecule has 7 nitrogen and oxygen atoms in total. The van der Waals surface area contributed by atoms with Crippen LogP contribution in [-0.4, -0.2) is 44.3 Å². The highest BCUT2D eigenvalue weighted by Crippen LogP contribution is 2.44. The predicted octanol–water partition coefficient (Wildman–Crippen LogP) is 2.59. The summed E-state index contributed by atoms with van der Waals surface area (Å²) in [6.45, 7) is 2.95. The predicted molar refractivity (Wildman–Crippen MR) is 110 cm³/mol. The van der Waals surface area contributed by atoms with Crippen LogP contribution in [0.1, 0.15) is 60.9 Å². The summed E-state index contributed by atoms with van der Waals surface area (Å²) < 4.78 is 7.62. The Morgan fingerprint density at radius 3 is 2.67 bits per heavy atom. The number of nitrogens with zero attached hydrogens (tertiary/aromatic N) is 3. The quantitative estimate of drug-likeness (QED) is 0.842. The summed E-state index contributed by atoms with van der Waals surface area (Å²) in [4.78, 5) is 31.7. The van der Waals surface area contributed by atoms with Crippen LogP contribution in [0.3, 0.4) is 0 Å². The van der Waals surface area contributed by atoms with E-state index in [1.54, 1.807) is 9.47 Å². The Morgan fingerprint density at radius 2 is 1.93 bits per heavy atom. The molecule has 5 rings (SSSR count). The third kappa shape index (κ3) is 2.95. The van der Waals surface area contributed by atoms with Crippen molar-refractivity contribution in [1.29, 1.82) is 0 Å². The SMILES string of the molecule is C[C@@H]1CCOC2Cn3c(CC4(c5ccccc5)CCCC4)nc(=O)c(O)c3C(=O)N21. The minimum Gasteiger partial charge on any atom is -0.501 e. The molecular weight excluding hydrogens is 382 g/mol. The van der Waals surface area contributed by atoms with Crippen LogP contribution in [0.15, 0.2) is 35.1 Å². The van der Waals surface area contributed by atoms with Crippen molar-refractivity contribution in [3.63, 3.8) is 0 Å². The molecule has 0 radical (unpaired) electrons. The van der Waals surface area contributed by atoms with E-state index < -0.39 is 17.5 Å². The van der Waals surface area contributed by atoms with Gasteiger partial charge in [0.2, 0.25) is 5.75 Å². The van der Waals surface area contributed by atoms with E-state index in [0.29, 0.717) is 25.4 Å². The summed E-state index contributed by atoms with van der Waals surface area (Å²) in [6.07, 6.45) is 5.19. The molecule has 158 valence electrons. The second-order valence-electron chi connectivity index (χ2n) is 8.85. The maximum atomic E-state index is 13.3. The van der Waals surface area contributed by atoms with E-state index in [0.717, 1.165) is 32.1 Å². The first-order valence-corrected chi connectivity index (χ1v) is 10.8. The van der Waals surface area contributed by atoms with Gasteiger partial charge in [0.1, 0.15) is 5.82 Å². The highest BCUT2D eigenvalue weighted by Gasteiger charge is 2.43. The van der Waals surface area contributed by atoms with Gasteiger partial charge in [-0.25, -0.2) is 0 Å². The number of benzene rings is 1. The first-order valence-electron chi connectivity index (χ1n) is 10.8. The Bertz CT molecular complexity index is 1030. The molecule has 1 aliphatic carbocycles. The summed E-state index contributed by atoms with van der Waals surface area (Å²) in [5, 5.41) is 10.5. The Labute approximate surface area is 175 Å². The van der Waals surface area contributed by atoms with Gasteiger partial charge >= 0.3 is 5.56 Å². The molecule has 1 aromatic heterocycles. The van der Waals surface area contributed by atoms with Gasteiger partial charge in [0.15, 0.2) is 11.9 Å². The summed E-state index contributed by atoms with van der Waals surface area (Å²) >= 11 is 0. The van der Waals surface area contributed by atoms with Gasteiger partial charge in [-0.15, -0.1) is 0 Å². The Morgan fingerprint density at radius 1 is 1.20 bits per heavy atom. The van der Waals surface area contributed by atoms with Crippen LogP contribution in [0.4, 0.5) is 0 Å². The van der Waals surface area contributed by atoms with Gasteiger partial charge in [-0.1, -0.05) is 43.2 Å². The normalized spacial score (nSPS) is 25.1. The fourth-order valence-corrected chi connectivity index (χ4v) is 5.48. The molecule has 2 atom stereocenters. The molecule has 2 fully saturated rings. The molecule has 3 aliphatic rings. The standard InChI is InChI=1S/C23H27N3O4/c1-15-9-12-30-18-14-25-17(24-21(28)20(27)19(25)22(29)26(15)18)13-23(10-5-6-11-23)16-7-3-2-4-8-16/h2-4,7-8,15,18,27H,5-6,9-14H2,1H3/t15-,18?/m1/s1. The lowest BCUT2D eigenvalue weighted by atomic mass is 9.76. The second kappa shape index (κ2) is 7.23. The van der Waals surface area contributed by atoms with Crippen LogP contribution in [0.2, 0.25) is 0 Å². The molecule has 1 amide bonds. The van der Waals surface area contributed by atoms with E-state index in [4.69, 9.17) is 4.74 Å². The van der Waals surface area contributed by atoms with Crippen molar-refractivity contribution in [2.45, 2.75) is 69.7 Å². The van der Waals surface area contributed by atoms with Crippen LogP contribution in [0, 0.1) is 0 Å². The monoisotopic (exact) mass is 409 g/mol. The van der Waals surface area contributed by atoms with Gasteiger partial charge in [0.05, 0.1) is 13.2 Å². The van der Waals surface area contributed by atoms with E-state index in [-0.39, 0.29) is 23.1 Å². The third-order valence-electron chi connectivity index (χ3n) is 7.09. The first kappa shape index (κ1) is 19.3. The van der Waals surface area contributed by atoms with E-state index in [1.165, 1.54) is 5.56 Å². The van der Waals surface area contributed by atoms with E-state index in [2.05, 4.69) is 17.1 Å². The van der Waals surface area contributed by atoms with Crippen molar-refractivity contribution in [2.24, 2.45) is 0 Å². The van der Waals surface area contributed by atoms with Crippen molar-refractivity contribution >= 4 is 5.91 Å². The number of hydrogen-bond donors (Lipinski definition) is 1. The topological polar surface area (TPSA) is 84.7 Å². The van der Waals surface area contributed by atoms with E-state index in [9.17, 15) is 14.7 Å². The molecule has 1 unspecified atom stereocenters. The molecule has 1 saturated heterocycles. The average Bonchev–Trinajstić information content (AvgIpc) is 3.22.